The van der Waals surface area contributed by atoms with Gasteiger partial charge < -0.3 is 5.32 Å². The molecule has 0 spiro atoms. The first kappa shape index (κ1) is 14.6. The monoisotopic (exact) mass is 273 g/mol. The van der Waals surface area contributed by atoms with Gasteiger partial charge in [-0.3, -0.25) is 10.1 Å². The molecule has 0 heterocycles. The summed E-state index contributed by atoms with van der Waals surface area (Å²) < 4.78 is 26.2. The van der Waals surface area contributed by atoms with Crippen molar-refractivity contribution in [3.05, 3.63) is 33.9 Å². The first-order valence-electron chi connectivity index (χ1n) is 5.28. The maximum absolute atomic E-state index is 11.9. The highest BCUT2D eigenvalue weighted by molar-refractivity contribution is 7.89. The fourth-order valence-corrected chi connectivity index (χ4v) is 2.69. The third-order valence-electron chi connectivity index (χ3n) is 2.33. The number of hydrogen-bond donors (Lipinski definition) is 2. The van der Waals surface area contributed by atoms with Crippen LogP contribution in [0.2, 0.25) is 0 Å². The van der Waals surface area contributed by atoms with E-state index < -0.39 is 14.9 Å². The minimum atomic E-state index is -3.62. The zero-order chi connectivity index (χ0) is 13.8. The van der Waals surface area contributed by atoms with Crippen LogP contribution in [0.4, 0.5) is 5.69 Å². The van der Waals surface area contributed by atoms with Crippen molar-refractivity contribution in [2.24, 2.45) is 0 Å². The van der Waals surface area contributed by atoms with Gasteiger partial charge in [0.25, 0.3) is 5.69 Å². The van der Waals surface area contributed by atoms with E-state index >= 15 is 0 Å². The predicted molar refractivity (Wildman–Crippen MR) is 66.9 cm³/mol. The van der Waals surface area contributed by atoms with Gasteiger partial charge in [0.05, 0.1) is 9.82 Å². The van der Waals surface area contributed by atoms with Crippen LogP contribution >= 0.6 is 0 Å². The predicted octanol–water partition coefficient (Wildman–Crippen LogP) is 0.401. The quantitative estimate of drug-likeness (QED) is 0.444. The zero-order valence-corrected chi connectivity index (χ0v) is 11.0. The molecule has 100 valence electrons. The Kier molecular flexibility index (Phi) is 4.76. The van der Waals surface area contributed by atoms with E-state index in [0.717, 1.165) is 0 Å². The zero-order valence-electron chi connectivity index (χ0n) is 10.1. The Morgan fingerprint density at radius 1 is 1.33 bits per heavy atom. The summed E-state index contributed by atoms with van der Waals surface area (Å²) in [6.45, 7) is 2.29. The number of aryl methyl sites for hydroxylation is 1. The van der Waals surface area contributed by atoms with Gasteiger partial charge in [0.1, 0.15) is 0 Å². The summed E-state index contributed by atoms with van der Waals surface area (Å²) >= 11 is 0. The second kappa shape index (κ2) is 5.89. The number of nitro groups is 1. The van der Waals surface area contributed by atoms with Crippen LogP contribution in [0.1, 0.15) is 5.56 Å². The Bertz CT molecular complexity index is 542. The van der Waals surface area contributed by atoms with Crippen LogP contribution in [-0.2, 0) is 10.0 Å². The first-order chi connectivity index (χ1) is 8.38. The second-order valence-corrected chi connectivity index (χ2v) is 5.44. The number of nitro benzene ring substituents is 1. The van der Waals surface area contributed by atoms with Crippen LogP contribution in [0.15, 0.2) is 23.1 Å². The van der Waals surface area contributed by atoms with Gasteiger partial charge in [0.2, 0.25) is 10.0 Å². The third-order valence-corrected chi connectivity index (χ3v) is 3.95. The average molecular weight is 273 g/mol. The van der Waals surface area contributed by atoms with Crippen LogP contribution in [0.25, 0.3) is 0 Å². The smallest absolute Gasteiger partial charge is 0.269 e. The molecule has 0 fully saturated rings. The fourth-order valence-electron chi connectivity index (χ4n) is 1.44. The summed E-state index contributed by atoms with van der Waals surface area (Å²) in [6, 6.07) is 3.67. The molecule has 7 nitrogen and oxygen atoms in total. The third kappa shape index (κ3) is 3.49. The molecule has 18 heavy (non-hydrogen) atoms. The van der Waals surface area contributed by atoms with Gasteiger partial charge in [-0.25, -0.2) is 13.1 Å². The lowest BCUT2D eigenvalue weighted by molar-refractivity contribution is -0.385. The van der Waals surface area contributed by atoms with E-state index in [9.17, 15) is 18.5 Å². The molecule has 8 heteroatoms. The lowest BCUT2D eigenvalue weighted by Gasteiger charge is -2.08. The molecule has 0 aliphatic rings. The SMILES string of the molecule is CNCCNS(=O)(=O)c1ccc([N+](=O)[O-])cc1C. The van der Waals surface area contributed by atoms with Crippen LogP contribution < -0.4 is 10.0 Å². The van der Waals surface area contributed by atoms with Crippen molar-refractivity contribution in [1.29, 1.82) is 0 Å². The highest BCUT2D eigenvalue weighted by Crippen LogP contribution is 2.20. The maximum Gasteiger partial charge on any atom is 0.269 e. The molecule has 0 atom stereocenters. The molecule has 0 aromatic heterocycles. The molecule has 0 bridgehead atoms. The molecule has 2 N–H and O–H groups in total. The largest absolute Gasteiger partial charge is 0.318 e. The van der Waals surface area contributed by atoms with Gasteiger partial charge in [-0.05, 0) is 25.6 Å². The van der Waals surface area contributed by atoms with Gasteiger partial charge in [-0.2, -0.15) is 0 Å². The van der Waals surface area contributed by atoms with E-state index in [-0.39, 0.29) is 17.1 Å². The molecule has 0 aliphatic carbocycles. The summed E-state index contributed by atoms with van der Waals surface area (Å²) in [5, 5.41) is 13.4. The van der Waals surface area contributed by atoms with Gasteiger partial charge in [0.15, 0.2) is 0 Å². The molecule has 1 aromatic rings. The molecular formula is C10H15N3O4S. The molecule has 0 amide bonds. The topological polar surface area (TPSA) is 101 Å². The van der Waals surface area contributed by atoms with Crippen molar-refractivity contribution in [2.45, 2.75) is 11.8 Å². The second-order valence-electron chi connectivity index (χ2n) is 3.71. The average Bonchev–Trinajstić information content (AvgIpc) is 2.28. The lowest BCUT2D eigenvalue weighted by atomic mass is 10.2. The number of hydrogen-bond acceptors (Lipinski definition) is 5. The Labute approximate surface area is 105 Å². The van der Waals surface area contributed by atoms with Gasteiger partial charge in [-0.1, -0.05) is 0 Å². The molecule has 0 radical (unpaired) electrons. The normalized spacial score (nSPS) is 11.4. The molecule has 0 saturated heterocycles. The van der Waals surface area contributed by atoms with E-state index in [0.29, 0.717) is 12.1 Å². The molecule has 0 unspecified atom stereocenters. The number of nitrogens with zero attached hydrogens (tertiary/aromatic N) is 1. The minimum Gasteiger partial charge on any atom is -0.318 e. The van der Waals surface area contributed by atoms with Crippen molar-refractivity contribution in [3.63, 3.8) is 0 Å². The Hall–Kier alpha value is -1.51. The lowest BCUT2D eigenvalue weighted by Crippen LogP contribution is -2.30. The summed E-state index contributed by atoms with van der Waals surface area (Å²) in [4.78, 5) is 10.1. The fraction of sp³-hybridized carbons (Fsp3) is 0.400. The van der Waals surface area contributed by atoms with Crippen molar-refractivity contribution in [1.82, 2.24) is 10.0 Å². The highest BCUT2D eigenvalue weighted by atomic mass is 32.2. The number of likely N-dealkylation sites (N-methyl/N-ethyl adjacent to an activating group) is 1. The molecular weight excluding hydrogens is 258 g/mol. The molecule has 1 aromatic carbocycles. The van der Waals surface area contributed by atoms with Crippen LogP contribution in [0.5, 0.6) is 0 Å². The van der Waals surface area contributed by atoms with E-state index in [4.69, 9.17) is 0 Å². The first-order valence-corrected chi connectivity index (χ1v) is 6.76. The number of sulfonamides is 1. The highest BCUT2D eigenvalue weighted by Gasteiger charge is 2.18. The van der Waals surface area contributed by atoms with E-state index in [1.54, 1.807) is 7.05 Å². The van der Waals surface area contributed by atoms with Gasteiger partial charge >= 0.3 is 0 Å². The Morgan fingerprint density at radius 2 is 2.00 bits per heavy atom. The van der Waals surface area contributed by atoms with Crippen LogP contribution in [0.3, 0.4) is 0 Å². The van der Waals surface area contributed by atoms with E-state index in [2.05, 4.69) is 10.0 Å². The standard InChI is InChI=1S/C10H15N3O4S/c1-8-7-9(13(14)15)3-4-10(8)18(16,17)12-6-5-11-2/h3-4,7,11-12H,5-6H2,1-2H3. The summed E-state index contributed by atoms with van der Waals surface area (Å²) in [7, 11) is -1.90. The van der Waals surface area contributed by atoms with E-state index in [1.165, 1.54) is 25.1 Å². The number of rotatable bonds is 6. The van der Waals surface area contributed by atoms with Crippen LogP contribution in [0, 0.1) is 17.0 Å². The summed E-state index contributed by atoms with van der Waals surface area (Å²) in [6.07, 6.45) is 0. The number of benzene rings is 1. The minimum absolute atomic E-state index is 0.0594. The number of non-ortho nitro benzene ring substituents is 1. The van der Waals surface area contributed by atoms with Crippen molar-refractivity contribution < 1.29 is 13.3 Å². The van der Waals surface area contributed by atoms with Gasteiger partial charge in [0, 0.05) is 25.2 Å². The molecule has 1 rings (SSSR count). The summed E-state index contributed by atoms with van der Waals surface area (Å²) in [5.74, 6) is 0. The summed E-state index contributed by atoms with van der Waals surface area (Å²) in [5.41, 5.74) is 0.225. The maximum atomic E-state index is 11.9. The van der Waals surface area contributed by atoms with Crippen molar-refractivity contribution in [3.8, 4) is 0 Å². The van der Waals surface area contributed by atoms with Gasteiger partial charge in [-0.15, -0.1) is 0 Å². The van der Waals surface area contributed by atoms with Crippen LogP contribution in [-0.4, -0.2) is 33.5 Å². The molecule has 0 saturated carbocycles. The van der Waals surface area contributed by atoms with E-state index in [1.807, 2.05) is 0 Å². The van der Waals surface area contributed by atoms with Crippen molar-refractivity contribution in [2.75, 3.05) is 20.1 Å². The Morgan fingerprint density at radius 3 is 2.50 bits per heavy atom. The van der Waals surface area contributed by atoms with Crippen molar-refractivity contribution >= 4 is 15.7 Å². The molecule has 0 aliphatic heterocycles. The number of nitrogens with one attached hydrogen (secondary N) is 2. The Balaban J connectivity index is 2.99.